The topological polar surface area (TPSA) is 91.9 Å². The number of anilines is 1. The quantitative estimate of drug-likeness (QED) is 0.443. The summed E-state index contributed by atoms with van der Waals surface area (Å²) in [5.74, 6) is -0.215. The first-order chi connectivity index (χ1) is 15.3. The van der Waals surface area contributed by atoms with Gasteiger partial charge < -0.3 is 10.3 Å². The largest absolute Gasteiger partial charge is 0.342 e. The lowest BCUT2D eigenvalue weighted by Crippen LogP contribution is -2.20. The highest BCUT2D eigenvalue weighted by Crippen LogP contribution is 2.23. The number of sulfone groups is 1. The molecule has 0 aliphatic heterocycles. The summed E-state index contributed by atoms with van der Waals surface area (Å²) in [7, 11) is -3.62. The van der Waals surface area contributed by atoms with Crippen LogP contribution in [0.15, 0.2) is 71.6 Å². The predicted octanol–water partition coefficient (Wildman–Crippen LogP) is 4.73. The molecule has 1 heterocycles. The number of amides is 1. The fourth-order valence-corrected chi connectivity index (χ4v) is 4.64. The average molecular weight is 452 g/mol. The van der Waals surface area contributed by atoms with Gasteiger partial charge in [-0.1, -0.05) is 30.3 Å². The second-order valence-electron chi connectivity index (χ2n) is 7.73. The number of hydrogen-bond acceptors (Lipinski definition) is 4. The minimum Gasteiger partial charge on any atom is -0.342 e. The highest BCUT2D eigenvalue weighted by atomic mass is 32.2. The number of imidazole rings is 1. The van der Waals surface area contributed by atoms with Crippen molar-refractivity contribution < 1.29 is 17.6 Å². The molecule has 1 aromatic heterocycles. The van der Waals surface area contributed by atoms with Gasteiger partial charge in [0, 0.05) is 12.1 Å². The molecule has 164 valence electrons. The van der Waals surface area contributed by atoms with Gasteiger partial charge in [0.15, 0.2) is 9.84 Å². The number of benzene rings is 3. The van der Waals surface area contributed by atoms with Gasteiger partial charge in [0.2, 0.25) is 0 Å². The van der Waals surface area contributed by atoms with Crippen molar-refractivity contribution in [3.8, 4) is 0 Å². The van der Waals surface area contributed by atoms with E-state index in [1.54, 1.807) is 62.4 Å². The summed E-state index contributed by atoms with van der Waals surface area (Å²) in [6.07, 6.45) is 0.309. The lowest BCUT2D eigenvalue weighted by Gasteiger charge is -2.13. The van der Waals surface area contributed by atoms with Crippen LogP contribution < -0.4 is 5.32 Å². The van der Waals surface area contributed by atoms with Gasteiger partial charge in [-0.15, -0.1) is 0 Å². The SMILES string of the molecule is CC(C)S(=O)(=O)c1ccccc1C(=O)Nc1ccc2nc(Cc3ccccc3F)[nH]c2c1. The van der Waals surface area contributed by atoms with Crippen LogP contribution in [0.3, 0.4) is 0 Å². The number of hydrogen-bond donors (Lipinski definition) is 2. The third-order valence-electron chi connectivity index (χ3n) is 5.16. The summed E-state index contributed by atoms with van der Waals surface area (Å²) in [6.45, 7) is 3.16. The van der Waals surface area contributed by atoms with Crippen molar-refractivity contribution in [2.24, 2.45) is 0 Å². The molecule has 2 N–H and O–H groups in total. The molecule has 0 bridgehead atoms. The minimum absolute atomic E-state index is 0.00212. The Hall–Kier alpha value is -3.52. The fourth-order valence-electron chi connectivity index (χ4n) is 3.40. The first kappa shape index (κ1) is 21.7. The number of nitrogens with one attached hydrogen (secondary N) is 2. The number of carbonyl (C=O) groups excluding carboxylic acids is 1. The first-order valence-electron chi connectivity index (χ1n) is 10.1. The zero-order chi connectivity index (χ0) is 22.9. The van der Waals surface area contributed by atoms with Crippen LogP contribution in [0.25, 0.3) is 11.0 Å². The zero-order valence-corrected chi connectivity index (χ0v) is 18.4. The molecule has 4 rings (SSSR count). The van der Waals surface area contributed by atoms with Crippen LogP contribution in [0.2, 0.25) is 0 Å². The van der Waals surface area contributed by atoms with Crippen LogP contribution in [0, 0.1) is 5.82 Å². The van der Waals surface area contributed by atoms with Crippen molar-refractivity contribution >= 4 is 32.5 Å². The Kier molecular flexibility index (Phi) is 5.80. The van der Waals surface area contributed by atoms with Crippen LogP contribution >= 0.6 is 0 Å². The first-order valence-corrected chi connectivity index (χ1v) is 11.7. The molecule has 0 saturated heterocycles. The van der Waals surface area contributed by atoms with E-state index in [1.807, 2.05) is 0 Å². The Morgan fingerprint density at radius 1 is 1.06 bits per heavy atom. The molecule has 3 aromatic carbocycles. The Morgan fingerprint density at radius 2 is 1.78 bits per heavy atom. The Bertz CT molecular complexity index is 1410. The molecule has 8 heteroatoms. The third-order valence-corrected chi connectivity index (χ3v) is 7.37. The monoisotopic (exact) mass is 451 g/mol. The van der Waals surface area contributed by atoms with Crippen molar-refractivity contribution in [2.75, 3.05) is 5.32 Å². The van der Waals surface area contributed by atoms with Gasteiger partial charge in [-0.25, -0.2) is 17.8 Å². The number of halogens is 1. The van der Waals surface area contributed by atoms with Crippen LogP contribution in [-0.2, 0) is 16.3 Å². The highest BCUT2D eigenvalue weighted by molar-refractivity contribution is 7.92. The molecule has 0 fully saturated rings. The number of carbonyl (C=O) groups is 1. The van der Waals surface area contributed by atoms with E-state index in [0.29, 0.717) is 34.5 Å². The molecular formula is C24H22FN3O3S. The van der Waals surface area contributed by atoms with Crippen molar-refractivity contribution in [1.29, 1.82) is 0 Å². The molecule has 32 heavy (non-hydrogen) atoms. The number of fused-ring (bicyclic) bond motifs is 1. The standard InChI is InChI=1S/C24H22FN3O3S/c1-15(2)32(30,31)22-10-6-4-8-18(22)24(29)26-17-11-12-20-21(14-17)28-23(27-20)13-16-7-3-5-9-19(16)25/h3-12,14-15H,13H2,1-2H3,(H,26,29)(H,27,28). The summed E-state index contributed by atoms with van der Waals surface area (Å²) < 4.78 is 39.2. The molecule has 0 saturated carbocycles. The van der Waals surface area contributed by atoms with Gasteiger partial charge >= 0.3 is 0 Å². The predicted molar refractivity (Wildman–Crippen MR) is 122 cm³/mol. The van der Waals surface area contributed by atoms with Crippen LogP contribution in [0.4, 0.5) is 10.1 Å². The van der Waals surface area contributed by atoms with Crippen LogP contribution in [-0.4, -0.2) is 29.5 Å². The molecule has 0 aliphatic carbocycles. The lowest BCUT2D eigenvalue weighted by atomic mass is 10.1. The van der Waals surface area contributed by atoms with E-state index in [9.17, 15) is 17.6 Å². The minimum atomic E-state index is -3.62. The van der Waals surface area contributed by atoms with Crippen LogP contribution in [0.5, 0.6) is 0 Å². The number of nitrogens with zero attached hydrogens (tertiary/aromatic N) is 1. The Balaban J connectivity index is 1.59. The molecule has 0 atom stereocenters. The van der Waals surface area contributed by atoms with E-state index in [1.165, 1.54) is 18.2 Å². The smallest absolute Gasteiger partial charge is 0.256 e. The lowest BCUT2D eigenvalue weighted by molar-refractivity contribution is 0.102. The summed E-state index contributed by atoms with van der Waals surface area (Å²) in [5, 5.41) is 2.11. The second kappa shape index (κ2) is 8.55. The summed E-state index contributed by atoms with van der Waals surface area (Å²) in [5.41, 5.74) is 2.46. The van der Waals surface area contributed by atoms with Crippen molar-refractivity contribution in [1.82, 2.24) is 9.97 Å². The Labute approximate surface area is 185 Å². The van der Waals surface area contributed by atoms with Gasteiger partial charge in [0.1, 0.15) is 11.6 Å². The molecule has 0 radical (unpaired) electrons. The second-order valence-corrected chi connectivity index (χ2v) is 10.2. The van der Waals surface area contributed by atoms with E-state index < -0.39 is 21.0 Å². The van der Waals surface area contributed by atoms with Gasteiger partial charge in [0.05, 0.1) is 26.7 Å². The molecule has 0 aliphatic rings. The maximum atomic E-state index is 13.9. The van der Waals surface area contributed by atoms with E-state index >= 15 is 0 Å². The third kappa shape index (κ3) is 4.27. The molecule has 0 spiro atoms. The van der Waals surface area contributed by atoms with E-state index in [0.717, 1.165) is 0 Å². The van der Waals surface area contributed by atoms with E-state index in [-0.39, 0.29) is 16.3 Å². The van der Waals surface area contributed by atoms with Gasteiger partial charge in [-0.05, 0) is 55.8 Å². The molecule has 6 nitrogen and oxygen atoms in total. The average Bonchev–Trinajstić information content (AvgIpc) is 3.17. The molecular weight excluding hydrogens is 429 g/mol. The maximum absolute atomic E-state index is 13.9. The highest BCUT2D eigenvalue weighted by Gasteiger charge is 2.25. The number of rotatable bonds is 6. The van der Waals surface area contributed by atoms with Crippen LogP contribution in [0.1, 0.15) is 35.6 Å². The van der Waals surface area contributed by atoms with E-state index in [4.69, 9.17) is 0 Å². The van der Waals surface area contributed by atoms with Crippen molar-refractivity contribution in [2.45, 2.75) is 30.4 Å². The fraction of sp³-hybridized carbons (Fsp3) is 0.167. The number of aromatic amines is 1. The number of H-pyrrole nitrogens is 1. The van der Waals surface area contributed by atoms with Crippen molar-refractivity contribution in [3.63, 3.8) is 0 Å². The van der Waals surface area contributed by atoms with Gasteiger partial charge in [-0.3, -0.25) is 4.79 Å². The van der Waals surface area contributed by atoms with Gasteiger partial charge in [-0.2, -0.15) is 0 Å². The number of aromatic nitrogens is 2. The molecule has 0 unspecified atom stereocenters. The zero-order valence-electron chi connectivity index (χ0n) is 17.6. The normalized spacial score (nSPS) is 11.8. The molecule has 1 amide bonds. The van der Waals surface area contributed by atoms with E-state index in [2.05, 4.69) is 15.3 Å². The Morgan fingerprint density at radius 3 is 2.53 bits per heavy atom. The van der Waals surface area contributed by atoms with Gasteiger partial charge in [0.25, 0.3) is 5.91 Å². The summed E-state index contributed by atoms with van der Waals surface area (Å²) in [6, 6.07) is 17.8. The summed E-state index contributed by atoms with van der Waals surface area (Å²) in [4.78, 5) is 20.5. The summed E-state index contributed by atoms with van der Waals surface area (Å²) >= 11 is 0. The van der Waals surface area contributed by atoms with Crippen molar-refractivity contribution in [3.05, 3.63) is 89.5 Å². The molecule has 4 aromatic rings. The maximum Gasteiger partial charge on any atom is 0.256 e.